The molecule has 1 heteroatoms. The Morgan fingerprint density at radius 2 is 1.73 bits per heavy atom. The monoisotopic (exact) mass is 205 g/mol. The van der Waals surface area contributed by atoms with Gasteiger partial charge in [-0.05, 0) is 58.7 Å². The normalized spacial score (nSPS) is 11.6. The Morgan fingerprint density at radius 3 is 2.20 bits per heavy atom. The summed E-state index contributed by atoms with van der Waals surface area (Å²) in [5.41, 5.74) is 4.32. The van der Waals surface area contributed by atoms with Crippen LogP contribution < -0.4 is 4.90 Å². The molecule has 1 aromatic rings. The van der Waals surface area contributed by atoms with E-state index in [0.717, 1.165) is 6.54 Å². The summed E-state index contributed by atoms with van der Waals surface area (Å²) in [5, 5.41) is 0. The number of anilines is 1. The van der Waals surface area contributed by atoms with Gasteiger partial charge in [-0.3, -0.25) is 0 Å². The van der Waals surface area contributed by atoms with E-state index < -0.39 is 0 Å². The maximum Gasteiger partial charge on any atom is 0.0402 e. The summed E-state index contributed by atoms with van der Waals surface area (Å²) in [6, 6.07) is 6.54. The van der Waals surface area contributed by atoms with Crippen LogP contribution in [0.15, 0.2) is 18.2 Å². The fourth-order valence-electron chi connectivity index (χ4n) is 2.03. The van der Waals surface area contributed by atoms with Crippen LogP contribution in [0.2, 0.25) is 0 Å². The molecule has 0 aliphatic carbocycles. The van der Waals surface area contributed by atoms with Crippen LogP contribution in [0.5, 0.6) is 0 Å². The van der Waals surface area contributed by atoms with Crippen LogP contribution >= 0.6 is 0 Å². The summed E-state index contributed by atoms with van der Waals surface area (Å²) in [5.74, 6) is 0. The van der Waals surface area contributed by atoms with Crippen LogP contribution in [0.25, 0.3) is 0 Å². The van der Waals surface area contributed by atoms with Gasteiger partial charge in [-0.2, -0.15) is 0 Å². The van der Waals surface area contributed by atoms with Gasteiger partial charge in [0.2, 0.25) is 0 Å². The van der Waals surface area contributed by atoms with Gasteiger partial charge in [0.05, 0.1) is 0 Å². The zero-order valence-electron chi connectivity index (χ0n) is 10.9. The molecule has 0 heterocycles. The van der Waals surface area contributed by atoms with Crippen molar-refractivity contribution < 1.29 is 0 Å². The first kappa shape index (κ1) is 12.1. The van der Waals surface area contributed by atoms with Gasteiger partial charge < -0.3 is 4.90 Å². The zero-order valence-corrected chi connectivity index (χ0v) is 10.9. The van der Waals surface area contributed by atoms with Crippen molar-refractivity contribution in [1.82, 2.24) is 0 Å². The molecule has 0 aliphatic heterocycles. The Hall–Kier alpha value is -0.980. The molecule has 0 N–H and O–H groups in total. The molecule has 0 aliphatic rings. The van der Waals surface area contributed by atoms with E-state index in [1.807, 2.05) is 0 Å². The van der Waals surface area contributed by atoms with Gasteiger partial charge >= 0.3 is 0 Å². The quantitative estimate of drug-likeness (QED) is 0.707. The maximum absolute atomic E-state index is 2.45. The van der Waals surface area contributed by atoms with Gasteiger partial charge in [-0.1, -0.05) is 12.1 Å². The molecule has 0 spiro atoms. The van der Waals surface area contributed by atoms with Gasteiger partial charge in [0.15, 0.2) is 0 Å². The molecular formula is C14H23N. The van der Waals surface area contributed by atoms with Crippen LogP contribution in [-0.2, 0) is 0 Å². The maximum atomic E-state index is 2.45. The van der Waals surface area contributed by atoms with E-state index in [9.17, 15) is 0 Å². The highest BCUT2D eigenvalue weighted by atomic mass is 15.2. The smallest absolute Gasteiger partial charge is 0.0402 e. The fourth-order valence-corrected chi connectivity index (χ4v) is 2.03. The fraction of sp³-hybridized carbons (Fsp3) is 0.571. The van der Waals surface area contributed by atoms with Gasteiger partial charge in [-0.15, -0.1) is 0 Å². The minimum absolute atomic E-state index is 0.188. The van der Waals surface area contributed by atoms with Crippen LogP contribution in [0.1, 0.15) is 38.8 Å². The average molecular weight is 205 g/mol. The number of benzene rings is 1. The summed E-state index contributed by atoms with van der Waals surface area (Å²) in [6.07, 6.45) is 0. The molecule has 1 rings (SSSR count). The van der Waals surface area contributed by atoms with E-state index >= 15 is 0 Å². The molecule has 0 radical (unpaired) electrons. The molecule has 84 valence electrons. The molecule has 0 atom stereocenters. The van der Waals surface area contributed by atoms with Crippen molar-refractivity contribution in [3.05, 3.63) is 29.3 Å². The van der Waals surface area contributed by atoms with E-state index in [1.165, 1.54) is 16.8 Å². The van der Waals surface area contributed by atoms with Gasteiger partial charge in [-0.25, -0.2) is 0 Å². The predicted molar refractivity (Wildman–Crippen MR) is 68.7 cm³/mol. The Kier molecular flexibility index (Phi) is 3.43. The molecule has 0 unspecified atom stereocenters. The lowest BCUT2D eigenvalue weighted by Crippen LogP contribution is -2.41. The Balaban J connectivity index is 3.19. The molecule has 15 heavy (non-hydrogen) atoms. The van der Waals surface area contributed by atoms with Crippen molar-refractivity contribution in [2.75, 3.05) is 11.4 Å². The van der Waals surface area contributed by atoms with Crippen molar-refractivity contribution in [2.24, 2.45) is 0 Å². The number of rotatable bonds is 2. The minimum Gasteiger partial charge on any atom is -0.367 e. The van der Waals surface area contributed by atoms with Crippen molar-refractivity contribution >= 4 is 5.69 Å². The molecular weight excluding hydrogens is 182 g/mol. The lowest BCUT2D eigenvalue weighted by molar-refractivity contribution is 0.512. The third-order valence-electron chi connectivity index (χ3n) is 2.99. The molecule has 0 aromatic heterocycles. The minimum atomic E-state index is 0.188. The van der Waals surface area contributed by atoms with Crippen molar-refractivity contribution in [3.63, 3.8) is 0 Å². The first-order valence-corrected chi connectivity index (χ1v) is 5.71. The average Bonchev–Trinajstić information content (AvgIpc) is 2.11. The zero-order chi connectivity index (χ0) is 11.6. The van der Waals surface area contributed by atoms with Crippen molar-refractivity contribution in [1.29, 1.82) is 0 Å². The second kappa shape index (κ2) is 4.26. The number of hydrogen-bond donors (Lipinski definition) is 0. The molecule has 0 bridgehead atoms. The van der Waals surface area contributed by atoms with Gasteiger partial charge in [0.25, 0.3) is 0 Å². The molecule has 1 aromatic carbocycles. The standard InChI is InChI=1S/C14H23N/c1-7-15(14(4,5)6)13-10-8-9-11(2)12(13)3/h8-10H,7H2,1-6H3. The van der Waals surface area contributed by atoms with E-state index in [-0.39, 0.29) is 5.54 Å². The molecule has 1 nitrogen and oxygen atoms in total. The summed E-state index contributed by atoms with van der Waals surface area (Å²) in [7, 11) is 0. The molecule has 0 amide bonds. The largest absolute Gasteiger partial charge is 0.367 e. The summed E-state index contributed by atoms with van der Waals surface area (Å²) in [4.78, 5) is 2.45. The van der Waals surface area contributed by atoms with Crippen LogP contribution in [0.4, 0.5) is 5.69 Å². The van der Waals surface area contributed by atoms with Gasteiger partial charge in [0, 0.05) is 17.8 Å². The Labute approximate surface area is 94.1 Å². The van der Waals surface area contributed by atoms with Crippen molar-refractivity contribution in [3.8, 4) is 0 Å². The SMILES string of the molecule is CCN(c1cccc(C)c1C)C(C)(C)C. The van der Waals surface area contributed by atoms with E-state index in [1.54, 1.807) is 0 Å². The summed E-state index contributed by atoms with van der Waals surface area (Å²) < 4.78 is 0. The Morgan fingerprint density at radius 1 is 1.13 bits per heavy atom. The predicted octanol–water partition coefficient (Wildman–Crippen LogP) is 3.93. The number of nitrogens with zero attached hydrogens (tertiary/aromatic N) is 1. The van der Waals surface area contributed by atoms with Crippen LogP contribution in [0.3, 0.4) is 0 Å². The third kappa shape index (κ3) is 2.53. The topological polar surface area (TPSA) is 3.24 Å². The van der Waals surface area contributed by atoms with Crippen molar-refractivity contribution in [2.45, 2.75) is 47.1 Å². The van der Waals surface area contributed by atoms with E-state index in [4.69, 9.17) is 0 Å². The second-order valence-electron chi connectivity index (χ2n) is 5.13. The molecule has 0 fully saturated rings. The summed E-state index contributed by atoms with van der Waals surface area (Å²) >= 11 is 0. The second-order valence-corrected chi connectivity index (χ2v) is 5.13. The summed E-state index contributed by atoms with van der Waals surface area (Å²) in [6.45, 7) is 14.4. The Bertz CT molecular complexity index is 334. The van der Waals surface area contributed by atoms with E-state index in [2.05, 4.69) is 64.6 Å². The molecule has 0 saturated carbocycles. The van der Waals surface area contributed by atoms with Gasteiger partial charge in [0.1, 0.15) is 0 Å². The molecule has 0 saturated heterocycles. The first-order chi connectivity index (χ1) is 6.88. The van der Waals surface area contributed by atoms with Crippen LogP contribution in [0, 0.1) is 13.8 Å². The lowest BCUT2D eigenvalue weighted by atomic mass is 10.0. The number of hydrogen-bond acceptors (Lipinski definition) is 1. The highest BCUT2D eigenvalue weighted by Gasteiger charge is 2.21. The third-order valence-corrected chi connectivity index (χ3v) is 2.99. The van der Waals surface area contributed by atoms with E-state index in [0.29, 0.717) is 0 Å². The van der Waals surface area contributed by atoms with Crippen LogP contribution in [-0.4, -0.2) is 12.1 Å². The lowest BCUT2D eigenvalue weighted by Gasteiger charge is -2.38. The highest BCUT2D eigenvalue weighted by molar-refractivity contribution is 5.57. The number of aryl methyl sites for hydroxylation is 1. The first-order valence-electron chi connectivity index (χ1n) is 5.71. The highest BCUT2D eigenvalue weighted by Crippen LogP contribution is 2.28.